The van der Waals surface area contributed by atoms with Crippen LogP contribution in [0.3, 0.4) is 0 Å². The third-order valence-electron chi connectivity index (χ3n) is 3.57. The van der Waals surface area contributed by atoms with Gasteiger partial charge in [-0.05, 0) is 49.6 Å². The van der Waals surface area contributed by atoms with Gasteiger partial charge in [0.2, 0.25) is 10.0 Å². The zero-order valence-electron chi connectivity index (χ0n) is 13.7. The number of carbonyl (C=O) groups excluding carboxylic acids is 1. The van der Waals surface area contributed by atoms with E-state index in [9.17, 15) is 13.2 Å². The van der Waals surface area contributed by atoms with Crippen LogP contribution >= 0.6 is 0 Å². The molecule has 0 saturated carbocycles. The van der Waals surface area contributed by atoms with Crippen LogP contribution in [0.25, 0.3) is 0 Å². The van der Waals surface area contributed by atoms with E-state index in [1.54, 1.807) is 31.2 Å². The van der Waals surface area contributed by atoms with Gasteiger partial charge in [0.25, 0.3) is 5.91 Å². The van der Waals surface area contributed by atoms with Crippen LogP contribution in [-0.4, -0.2) is 26.6 Å². The Labute approximate surface area is 143 Å². The standard InChI is InChI=1S/C18H22N2O3S/c1-2-24(22,23)20-17-12-10-16(11-13-17)18(21)19-14-6-9-15-7-4-3-5-8-15/h3-5,7-8,10-13,20H,2,6,9,14H2,1H3,(H,19,21). The highest BCUT2D eigenvalue weighted by molar-refractivity contribution is 7.92. The smallest absolute Gasteiger partial charge is 0.251 e. The summed E-state index contributed by atoms with van der Waals surface area (Å²) in [5.74, 6) is -0.149. The first-order chi connectivity index (χ1) is 11.5. The molecule has 6 heteroatoms. The summed E-state index contributed by atoms with van der Waals surface area (Å²) in [5, 5.41) is 2.87. The lowest BCUT2D eigenvalue weighted by atomic mass is 10.1. The Balaban J connectivity index is 1.80. The first-order valence-electron chi connectivity index (χ1n) is 7.93. The fraction of sp³-hybridized carbons (Fsp3) is 0.278. The average Bonchev–Trinajstić information content (AvgIpc) is 2.60. The second kappa shape index (κ2) is 8.49. The Morgan fingerprint density at radius 2 is 1.67 bits per heavy atom. The van der Waals surface area contributed by atoms with Crippen molar-refractivity contribution >= 4 is 21.6 Å². The molecule has 1 amide bonds. The van der Waals surface area contributed by atoms with E-state index < -0.39 is 10.0 Å². The van der Waals surface area contributed by atoms with Gasteiger partial charge in [-0.2, -0.15) is 0 Å². The van der Waals surface area contributed by atoms with Gasteiger partial charge in [0.1, 0.15) is 0 Å². The largest absolute Gasteiger partial charge is 0.352 e. The highest BCUT2D eigenvalue weighted by Gasteiger charge is 2.08. The van der Waals surface area contributed by atoms with E-state index in [1.165, 1.54) is 5.56 Å². The predicted molar refractivity (Wildman–Crippen MR) is 96.6 cm³/mol. The van der Waals surface area contributed by atoms with Gasteiger partial charge in [0, 0.05) is 17.8 Å². The molecule has 0 saturated heterocycles. The lowest BCUT2D eigenvalue weighted by Crippen LogP contribution is -2.24. The molecule has 0 aliphatic carbocycles. The molecule has 2 aromatic rings. The summed E-state index contributed by atoms with van der Waals surface area (Å²) >= 11 is 0. The summed E-state index contributed by atoms with van der Waals surface area (Å²) in [7, 11) is -3.30. The number of sulfonamides is 1. The molecule has 24 heavy (non-hydrogen) atoms. The fourth-order valence-corrected chi connectivity index (χ4v) is 2.82. The summed E-state index contributed by atoms with van der Waals surface area (Å²) in [5.41, 5.74) is 2.21. The molecular weight excluding hydrogens is 324 g/mol. The second-order valence-electron chi connectivity index (χ2n) is 5.43. The number of rotatable bonds is 8. The normalized spacial score (nSPS) is 11.0. The van der Waals surface area contributed by atoms with Gasteiger partial charge in [-0.1, -0.05) is 30.3 Å². The van der Waals surface area contributed by atoms with Crippen molar-refractivity contribution in [2.45, 2.75) is 19.8 Å². The quantitative estimate of drug-likeness (QED) is 0.722. The second-order valence-corrected chi connectivity index (χ2v) is 7.44. The number of nitrogens with one attached hydrogen (secondary N) is 2. The van der Waals surface area contributed by atoms with Gasteiger partial charge in [0.15, 0.2) is 0 Å². The van der Waals surface area contributed by atoms with Crippen LogP contribution in [0.15, 0.2) is 54.6 Å². The molecule has 0 fully saturated rings. The van der Waals surface area contributed by atoms with Crippen molar-refractivity contribution in [3.8, 4) is 0 Å². The Morgan fingerprint density at radius 1 is 1.00 bits per heavy atom. The number of hydrogen-bond acceptors (Lipinski definition) is 3. The maximum Gasteiger partial charge on any atom is 0.251 e. The molecular formula is C18H22N2O3S. The molecule has 0 bridgehead atoms. The summed E-state index contributed by atoms with van der Waals surface area (Å²) in [4.78, 5) is 12.1. The van der Waals surface area contributed by atoms with Crippen LogP contribution < -0.4 is 10.0 Å². The van der Waals surface area contributed by atoms with Crippen molar-refractivity contribution in [2.24, 2.45) is 0 Å². The lowest BCUT2D eigenvalue weighted by molar-refractivity contribution is 0.0953. The Bertz CT molecular complexity index is 757. The van der Waals surface area contributed by atoms with E-state index in [2.05, 4.69) is 22.2 Å². The molecule has 5 nitrogen and oxygen atoms in total. The summed E-state index contributed by atoms with van der Waals surface area (Å²) in [6.45, 7) is 2.16. The Morgan fingerprint density at radius 3 is 2.29 bits per heavy atom. The number of aryl methyl sites for hydroxylation is 1. The highest BCUT2D eigenvalue weighted by Crippen LogP contribution is 2.11. The molecule has 2 rings (SSSR count). The van der Waals surface area contributed by atoms with E-state index in [1.807, 2.05) is 18.2 Å². The average molecular weight is 346 g/mol. The third-order valence-corrected chi connectivity index (χ3v) is 4.88. The van der Waals surface area contributed by atoms with Crippen LogP contribution in [0.2, 0.25) is 0 Å². The molecule has 0 unspecified atom stereocenters. The van der Waals surface area contributed by atoms with Crippen LogP contribution in [0.1, 0.15) is 29.3 Å². The van der Waals surface area contributed by atoms with Crippen molar-refractivity contribution in [1.82, 2.24) is 5.32 Å². The zero-order valence-corrected chi connectivity index (χ0v) is 14.5. The predicted octanol–water partition coefficient (Wildman–Crippen LogP) is 2.81. The van der Waals surface area contributed by atoms with E-state index >= 15 is 0 Å². The molecule has 0 aliphatic heterocycles. The van der Waals surface area contributed by atoms with Crippen molar-refractivity contribution in [1.29, 1.82) is 0 Å². The van der Waals surface area contributed by atoms with Gasteiger partial charge >= 0.3 is 0 Å². The zero-order chi connectivity index (χ0) is 17.4. The number of carbonyl (C=O) groups is 1. The maximum absolute atomic E-state index is 12.1. The molecule has 0 heterocycles. The van der Waals surface area contributed by atoms with Crippen LogP contribution in [-0.2, 0) is 16.4 Å². The molecule has 2 aromatic carbocycles. The van der Waals surface area contributed by atoms with Gasteiger partial charge in [0.05, 0.1) is 5.75 Å². The van der Waals surface area contributed by atoms with Crippen molar-refractivity contribution in [3.05, 3.63) is 65.7 Å². The number of benzene rings is 2. The summed E-state index contributed by atoms with van der Waals surface area (Å²) < 4.78 is 25.4. The van der Waals surface area contributed by atoms with Crippen LogP contribution in [0, 0.1) is 0 Å². The minimum atomic E-state index is -3.30. The van der Waals surface area contributed by atoms with E-state index in [4.69, 9.17) is 0 Å². The van der Waals surface area contributed by atoms with Crippen LogP contribution in [0.5, 0.6) is 0 Å². The number of hydrogen-bond donors (Lipinski definition) is 2. The molecule has 0 aromatic heterocycles. The van der Waals surface area contributed by atoms with E-state index in [-0.39, 0.29) is 11.7 Å². The molecule has 0 radical (unpaired) electrons. The molecule has 128 valence electrons. The van der Waals surface area contributed by atoms with Gasteiger partial charge < -0.3 is 5.32 Å². The summed E-state index contributed by atoms with van der Waals surface area (Å²) in [6.07, 6.45) is 1.78. The first kappa shape index (κ1) is 18.0. The van der Waals surface area contributed by atoms with Gasteiger partial charge in [-0.25, -0.2) is 8.42 Å². The van der Waals surface area contributed by atoms with Crippen LogP contribution in [0.4, 0.5) is 5.69 Å². The molecule has 0 atom stereocenters. The maximum atomic E-state index is 12.1. The van der Waals surface area contributed by atoms with E-state index in [0.29, 0.717) is 17.8 Å². The topological polar surface area (TPSA) is 75.3 Å². The number of anilines is 1. The third kappa shape index (κ3) is 5.70. The molecule has 0 aliphatic rings. The van der Waals surface area contributed by atoms with Crippen molar-refractivity contribution < 1.29 is 13.2 Å². The highest BCUT2D eigenvalue weighted by atomic mass is 32.2. The Kier molecular flexibility index (Phi) is 6.37. The van der Waals surface area contributed by atoms with Gasteiger partial charge in [-0.3, -0.25) is 9.52 Å². The minimum Gasteiger partial charge on any atom is -0.352 e. The van der Waals surface area contributed by atoms with Crippen molar-refractivity contribution in [2.75, 3.05) is 17.0 Å². The van der Waals surface area contributed by atoms with E-state index in [0.717, 1.165) is 12.8 Å². The number of amides is 1. The monoisotopic (exact) mass is 346 g/mol. The van der Waals surface area contributed by atoms with Crippen molar-refractivity contribution in [3.63, 3.8) is 0 Å². The lowest BCUT2D eigenvalue weighted by Gasteiger charge is -2.08. The first-order valence-corrected chi connectivity index (χ1v) is 9.58. The summed E-state index contributed by atoms with van der Waals surface area (Å²) in [6, 6.07) is 16.5. The molecule has 0 spiro atoms. The SMILES string of the molecule is CCS(=O)(=O)Nc1ccc(C(=O)NCCCc2ccccc2)cc1. The minimum absolute atomic E-state index is 0.0106. The van der Waals surface area contributed by atoms with Gasteiger partial charge in [-0.15, -0.1) is 0 Å². The Hall–Kier alpha value is -2.34. The molecule has 2 N–H and O–H groups in total. The fourth-order valence-electron chi connectivity index (χ4n) is 2.18.